The van der Waals surface area contributed by atoms with Crippen molar-refractivity contribution in [2.45, 2.75) is 26.9 Å². The van der Waals surface area contributed by atoms with Crippen LogP contribution in [0.2, 0.25) is 13.1 Å². The van der Waals surface area contributed by atoms with Gasteiger partial charge in [0.1, 0.15) is 0 Å². The van der Waals surface area contributed by atoms with Crippen LogP contribution in [-0.2, 0) is 0 Å². The summed E-state index contributed by atoms with van der Waals surface area (Å²) < 4.78 is 0. The first-order valence-electron chi connectivity index (χ1n) is 4.76. The molecule has 0 saturated carbocycles. The molecule has 1 heterocycles. The predicted molar refractivity (Wildman–Crippen MR) is 60.9 cm³/mol. The van der Waals surface area contributed by atoms with Crippen molar-refractivity contribution in [1.29, 1.82) is 0 Å². The normalized spacial score (nSPS) is 25.4. The van der Waals surface area contributed by atoms with Gasteiger partial charge in [-0.1, -0.05) is 31.3 Å². The molecule has 1 nitrogen and oxygen atoms in total. The van der Waals surface area contributed by atoms with Crippen molar-refractivity contribution in [1.82, 2.24) is 0 Å². The standard InChI is InChI=1S/C11H15NSi/c1-7-5-10-9(6-8(2)12-10)11(7)13(3)4/h5-7H,1-4H3. The molecule has 1 atom stereocenters. The molecule has 1 aliphatic heterocycles. The van der Waals surface area contributed by atoms with Crippen LogP contribution in [0, 0.1) is 5.92 Å². The Labute approximate surface area is 81.1 Å². The lowest BCUT2D eigenvalue weighted by molar-refractivity contribution is 1.03. The summed E-state index contributed by atoms with van der Waals surface area (Å²) in [5.74, 6) is 0.627. The molecule has 0 aromatic rings. The van der Waals surface area contributed by atoms with E-state index in [4.69, 9.17) is 0 Å². The number of fused-ring (bicyclic) bond motifs is 1. The molecule has 0 amide bonds. The predicted octanol–water partition coefficient (Wildman–Crippen LogP) is 2.43. The van der Waals surface area contributed by atoms with Crippen molar-refractivity contribution in [3.63, 3.8) is 0 Å². The van der Waals surface area contributed by atoms with Gasteiger partial charge in [0.15, 0.2) is 0 Å². The highest BCUT2D eigenvalue weighted by Gasteiger charge is 2.26. The lowest BCUT2D eigenvalue weighted by atomic mass is 10.1. The molecular formula is C11H15NSi. The molecule has 2 aliphatic rings. The van der Waals surface area contributed by atoms with Crippen LogP contribution in [0.5, 0.6) is 0 Å². The van der Waals surface area contributed by atoms with Gasteiger partial charge in [-0.3, -0.25) is 4.99 Å². The smallest absolute Gasteiger partial charge is 0.0670 e. The molecule has 0 bridgehead atoms. The maximum atomic E-state index is 4.51. The van der Waals surface area contributed by atoms with Crippen LogP contribution >= 0.6 is 0 Å². The lowest BCUT2D eigenvalue weighted by Gasteiger charge is -2.07. The molecule has 1 aliphatic carbocycles. The van der Waals surface area contributed by atoms with Gasteiger partial charge in [0.25, 0.3) is 0 Å². The van der Waals surface area contributed by atoms with Gasteiger partial charge < -0.3 is 0 Å². The molecule has 0 aromatic heterocycles. The Morgan fingerprint density at radius 3 is 2.69 bits per heavy atom. The summed E-state index contributed by atoms with van der Waals surface area (Å²) in [5, 5.41) is 1.65. The number of hydrogen-bond acceptors (Lipinski definition) is 1. The summed E-state index contributed by atoms with van der Waals surface area (Å²) in [6.07, 6.45) is 4.54. The largest absolute Gasteiger partial charge is 0.253 e. The molecule has 2 rings (SSSR count). The van der Waals surface area contributed by atoms with Gasteiger partial charge in [0.2, 0.25) is 0 Å². The second kappa shape index (κ2) is 2.88. The SMILES string of the molecule is CC1=NC2=CC(C)C(=[Si](C)C)C2=C1. The molecule has 13 heavy (non-hydrogen) atoms. The van der Waals surface area contributed by atoms with Crippen LogP contribution < -0.4 is 0 Å². The third-order valence-corrected chi connectivity index (χ3v) is 4.42. The van der Waals surface area contributed by atoms with Crippen molar-refractivity contribution < 1.29 is 0 Å². The molecule has 68 valence electrons. The molecule has 1 unspecified atom stereocenters. The topological polar surface area (TPSA) is 12.4 Å². The van der Waals surface area contributed by atoms with Crippen molar-refractivity contribution in [2.75, 3.05) is 0 Å². The van der Waals surface area contributed by atoms with Crippen molar-refractivity contribution in [3.8, 4) is 0 Å². The fraction of sp³-hybridized carbons (Fsp3) is 0.455. The van der Waals surface area contributed by atoms with Gasteiger partial charge in [0.05, 0.1) is 5.70 Å². The fourth-order valence-corrected chi connectivity index (χ4v) is 3.93. The molecule has 0 fully saturated rings. The van der Waals surface area contributed by atoms with E-state index in [0.717, 1.165) is 5.71 Å². The van der Waals surface area contributed by atoms with E-state index in [2.05, 4.69) is 44.1 Å². The first-order valence-corrected chi connectivity index (χ1v) is 7.26. The Kier molecular flexibility index (Phi) is 1.95. The van der Waals surface area contributed by atoms with Crippen LogP contribution in [0.3, 0.4) is 0 Å². The van der Waals surface area contributed by atoms with E-state index in [9.17, 15) is 0 Å². The average molecular weight is 189 g/mol. The second-order valence-corrected chi connectivity index (χ2v) is 6.60. The van der Waals surface area contributed by atoms with Gasteiger partial charge >= 0.3 is 0 Å². The van der Waals surface area contributed by atoms with E-state index >= 15 is 0 Å². The van der Waals surface area contributed by atoms with Crippen LogP contribution in [0.1, 0.15) is 13.8 Å². The number of hydrogen-bond donors (Lipinski definition) is 0. The van der Waals surface area contributed by atoms with Crippen molar-refractivity contribution in [3.05, 3.63) is 23.4 Å². The van der Waals surface area contributed by atoms with Crippen molar-refractivity contribution >= 4 is 19.3 Å². The Hall–Kier alpha value is -0.763. The summed E-state index contributed by atoms with van der Waals surface area (Å²) in [5.41, 5.74) is 3.82. The highest BCUT2D eigenvalue weighted by molar-refractivity contribution is 6.73. The van der Waals surface area contributed by atoms with Crippen molar-refractivity contribution in [2.24, 2.45) is 10.9 Å². The Balaban J connectivity index is 2.53. The minimum absolute atomic E-state index is 0.314. The van der Waals surface area contributed by atoms with E-state index in [1.165, 1.54) is 11.3 Å². The quantitative estimate of drug-likeness (QED) is 0.519. The summed E-state index contributed by atoms with van der Waals surface area (Å²) in [4.78, 5) is 4.51. The molecule has 2 heteroatoms. The molecular weight excluding hydrogens is 174 g/mol. The van der Waals surface area contributed by atoms with E-state index < -0.39 is 0 Å². The molecule has 0 radical (unpaired) electrons. The zero-order valence-corrected chi connectivity index (χ0v) is 9.68. The van der Waals surface area contributed by atoms with Gasteiger partial charge in [-0.15, -0.1) is 0 Å². The van der Waals surface area contributed by atoms with Gasteiger partial charge in [0, 0.05) is 19.7 Å². The van der Waals surface area contributed by atoms with Gasteiger partial charge in [-0.05, 0) is 18.9 Å². The van der Waals surface area contributed by atoms with Crippen LogP contribution in [0.4, 0.5) is 0 Å². The summed E-state index contributed by atoms with van der Waals surface area (Å²) in [6, 6.07) is 0. The highest BCUT2D eigenvalue weighted by atomic mass is 28.2. The van der Waals surface area contributed by atoms with Gasteiger partial charge in [-0.2, -0.15) is 0 Å². The minimum atomic E-state index is -0.314. The minimum Gasteiger partial charge on any atom is -0.253 e. The Morgan fingerprint density at radius 1 is 1.38 bits per heavy atom. The molecule has 0 saturated heterocycles. The fourth-order valence-electron chi connectivity index (χ4n) is 2.20. The summed E-state index contributed by atoms with van der Waals surface area (Å²) >= 11 is 0. The van der Waals surface area contributed by atoms with Crippen LogP contribution in [0.15, 0.2) is 28.4 Å². The second-order valence-electron chi connectivity index (χ2n) is 4.07. The third-order valence-electron chi connectivity index (χ3n) is 2.62. The number of aliphatic imine (C=N–C) groups is 1. The van der Waals surface area contributed by atoms with Crippen LogP contribution in [0.25, 0.3) is 0 Å². The monoisotopic (exact) mass is 189 g/mol. The maximum Gasteiger partial charge on any atom is 0.0670 e. The zero-order valence-electron chi connectivity index (χ0n) is 8.68. The summed E-state index contributed by atoms with van der Waals surface area (Å²) in [6.45, 7) is 9.08. The Bertz CT molecular complexity index is 379. The number of nitrogens with zero attached hydrogens (tertiary/aromatic N) is 1. The number of allylic oxidation sites excluding steroid dienone is 3. The van der Waals surface area contributed by atoms with Crippen LogP contribution in [-0.4, -0.2) is 19.3 Å². The van der Waals surface area contributed by atoms with Gasteiger partial charge in [-0.25, -0.2) is 0 Å². The average Bonchev–Trinajstić information content (AvgIpc) is 2.41. The molecule has 0 spiro atoms. The van der Waals surface area contributed by atoms with E-state index in [-0.39, 0.29) is 8.41 Å². The van der Waals surface area contributed by atoms with E-state index in [0.29, 0.717) is 5.92 Å². The Morgan fingerprint density at radius 2 is 2.08 bits per heavy atom. The third kappa shape index (κ3) is 1.29. The molecule has 0 N–H and O–H groups in total. The maximum absolute atomic E-state index is 4.51. The van der Waals surface area contributed by atoms with E-state index in [1.807, 2.05) is 0 Å². The first-order chi connectivity index (χ1) is 6.09. The first kappa shape index (κ1) is 8.82. The van der Waals surface area contributed by atoms with E-state index in [1.54, 1.807) is 5.17 Å². The zero-order chi connectivity index (χ0) is 9.59. The molecule has 0 aromatic carbocycles. The number of rotatable bonds is 0. The summed E-state index contributed by atoms with van der Waals surface area (Å²) in [7, 11) is -0.314. The highest BCUT2D eigenvalue weighted by Crippen LogP contribution is 2.31. The lowest BCUT2D eigenvalue weighted by Crippen LogP contribution is -2.15.